The van der Waals surface area contributed by atoms with E-state index in [9.17, 15) is 14.3 Å². The molecule has 4 nitrogen and oxygen atoms in total. The van der Waals surface area contributed by atoms with Crippen LogP contribution >= 0.6 is 39.1 Å². The summed E-state index contributed by atoms with van der Waals surface area (Å²) in [6.07, 6.45) is 1.21. The van der Waals surface area contributed by atoms with Crippen LogP contribution in [0.4, 0.5) is 4.39 Å². The molecule has 1 N–H and O–H groups in total. The summed E-state index contributed by atoms with van der Waals surface area (Å²) in [4.78, 5) is 15.7. The fraction of sp³-hybridized carbons (Fsp3) is 0.0909. The van der Waals surface area contributed by atoms with Crippen molar-refractivity contribution in [3.63, 3.8) is 0 Å². The second-order valence-corrected chi connectivity index (χ2v) is 5.22. The number of rotatable bonds is 1. The third-order valence-electron chi connectivity index (χ3n) is 2.44. The zero-order valence-corrected chi connectivity index (χ0v) is 12.5. The summed E-state index contributed by atoms with van der Waals surface area (Å²) in [5, 5.41) is 9.00. The molecule has 8 heteroatoms. The second kappa shape index (κ2) is 5.11. The summed E-state index contributed by atoms with van der Waals surface area (Å²) in [6.45, 7) is 1.52. The average Bonchev–Trinajstić information content (AvgIpc) is 2.35. The van der Waals surface area contributed by atoms with Crippen LogP contribution < -0.4 is 5.56 Å². The lowest BCUT2D eigenvalue weighted by atomic mass is 10.3. The lowest BCUT2D eigenvalue weighted by Gasteiger charge is -2.14. The van der Waals surface area contributed by atoms with E-state index in [4.69, 9.17) is 23.2 Å². The molecule has 0 spiro atoms. The minimum atomic E-state index is -0.792. The molecule has 0 aliphatic carbocycles. The van der Waals surface area contributed by atoms with E-state index in [1.165, 1.54) is 19.2 Å². The predicted molar refractivity (Wildman–Crippen MR) is 73.9 cm³/mol. The fourth-order valence-electron chi connectivity index (χ4n) is 1.61. The number of halogens is 4. The highest BCUT2D eigenvalue weighted by molar-refractivity contribution is 9.10. The number of hydrogen-bond donors (Lipinski definition) is 1. The quantitative estimate of drug-likeness (QED) is 0.785. The van der Waals surface area contributed by atoms with Crippen molar-refractivity contribution in [2.45, 2.75) is 6.92 Å². The topological polar surface area (TPSA) is 55.1 Å². The molecule has 2 aromatic heterocycles. The molecule has 0 radical (unpaired) electrons. The van der Waals surface area contributed by atoms with E-state index in [1.54, 1.807) is 0 Å². The summed E-state index contributed by atoms with van der Waals surface area (Å²) in [5.41, 5.74) is -0.656. The molecular weight excluding hydrogens is 362 g/mol. The maximum atomic E-state index is 14.1. The van der Waals surface area contributed by atoms with E-state index in [1.807, 2.05) is 0 Å². The summed E-state index contributed by atoms with van der Waals surface area (Å²) in [5.74, 6) is -1.16. The Labute approximate surface area is 125 Å². The minimum Gasteiger partial charge on any atom is -0.506 e. The maximum absolute atomic E-state index is 14.1. The highest BCUT2D eigenvalue weighted by atomic mass is 79.9. The van der Waals surface area contributed by atoms with Crippen molar-refractivity contribution in [3.05, 3.63) is 48.8 Å². The van der Waals surface area contributed by atoms with Gasteiger partial charge in [0.05, 0.1) is 5.02 Å². The first-order valence-corrected chi connectivity index (χ1v) is 6.50. The van der Waals surface area contributed by atoms with Crippen LogP contribution in [0.25, 0.3) is 5.69 Å². The molecule has 0 fully saturated rings. The van der Waals surface area contributed by atoms with Gasteiger partial charge in [0.1, 0.15) is 21.1 Å². The van der Waals surface area contributed by atoms with Crippen LogP contribution in [0.5, 0.6) is 5.75 Å². The highest BCUT2D eigenvalue weighted by Crippen LogP contribution is 2.29. The van der Waals surface area contributed by atoms with E-state index in [0.717, 1.165) is 4.57 Å². The zero-order chi connectivity index (χ0) is 14.3. The van der Waals surface area contributed by atoms with Crippen LogP contribution in [0.15, 0.2) is 21.7 Å². The highest BCUT2D eigenvalue weighted by Gasteiger charge is 2.19. The molecule has 2 rings (SSSR count). The third-order valence-corrected chi connectivity index (χ3v) is 3.63. The molecule has 0 atom stereocenters. The zero-order valence-electron chi connectivity index (χ0n) is 9.42. The number of aryl methyl sites for hydroxylation is 1. The molecule has 0 aromatic carbocycles. The Kier molecular flexibility index (Phi) is 3.85. The fourth-order valence-corrected chi connectivity index (χ4v) is 2.26. The van der Waals surface area contributed by atoms with Crippen LogP contribution in [0.1, 0.15) is 5.69 Å². The largest absolute Gasteiger partial charge is 0.506 e. The molecule has 2 heterocycles. The van der Waals surface area contributed by atoms with Gasteiger partial charge in [-0.05, 0) is 22.9 Å². The Balaban J connectivity index is 2.92. The van der Waals surface area contributed by atoms with Crippen molar-refractivity contribution in [2.75, 3.05) is 0 Å². The van der Waals surface area contributed by atoms with Crippen molar-refractivity contribution in [1.82, 2.24) is 9.55 Å². The van der Waals surface area contributed by atoms with Crippen molar-refractivity contribution >= 4 is 39.1 Å². The van der Waals surface area contributed by atoms with Gasteiger partial charge in [-0.15, -0.1) is 0 Å². The Bertz CT molecular complexity index is 734. The van der Waals surface area contributed by atoms with Crippen LogP contribution in [0, 0.1) is 12.7 Å². The molecule has 0 bridgehead atoms. The van der Waals surface area contributed by atoms with Gasteiger partial charge in [0.2, 0.25) is 0 Å². The lowest BCUT2D eigenvalue weighted by Crippen LogP contribution is -2.22. The van der Waals surface area contributed by atoms with E-state index in [0.29, 0.717) is 0 Å². The first-order valence-electron chi connectivity index (χ1n) is 4.95. The summed E-state index contributed by atoms with van der Waals surface area (Å²) in [6, 6.07) is 1.24. The van der Waals surface area contributed by atoms with E-state index in [2.05, 4.69) is 20.9 Å². The molecule has 19 heavy (non-hydrogen) atoms. The van der Waals surface area contributed by atoms with Crippen molar-refractivity contribution in [2.24, 2.45) is 0 Å². The Morgan fingerprint density at radius 2 is 2.11 bits per heavy atom. The third kappa shape index (κ3) is 2.35. The molecule has 0 aliphatic rings. The second-order valence-electron chi connectivity index (χ2n) is 3.69. The van der Waals surface area contributed by atoms with Gasteiger partial charge in [0.25, 0.3) is 5.56 Å². The SMILES string of the molecule is Cc1cc(O)c(Cl)c(=O)n1-c1c(Cl)cnc(Br)c1F. The van der Waals surface area contributed by atoms with Gasteiger partial charge < -0.3 is 5.11 Å². The summed E-state index contributed by atoms with van der Waals surface area (Å²) < 4.78 is 15.0. The van der Waals surface area contributed by atoms with Gasteiger partial charge >= 0.3 is 0 Å². The van der Waals surface area contributed by atoms with Gasteiger partial charge in [-0.25, -0.2) is 9.37 Å². The monoisotopic (exact) mass is 366 g/mol. The normalized spacial score (nSPS) is 10.8. The van der Waals surface area contributed by atoms with Crippen LogP contribution in [0.2, 0.25) is 10.0 Å². The number of hydrogen-bond acceptors (Lipinski definition) is 3. The molecule has 100 valence electrons. The Morgan fingerprint density at radius 1 is 1.47 bits per heavy atom. The van der Waals surface area contributed by atoms with Gasteiger partial charge in [-0.1, -0.05) is 23.2 Å². The number of aromatic hydroxyl groups is 1. The molecule has 0 saturated carbocycles. The van der Waals surface area contributed by atoms with E-state index in [-0.39, 0.29) is 26.8 Å². The molecule has 0 saturated heterocycles. The van der Waals surface area contributed by atoms with Crippen molar-refractivity contribution in [1.29, 1.82) is 0 Å². The Morgan fingerprint density at radius 3 is 2.74 bits per heavy atom. The maximum Gasteiger partial charge on any atom is 0.278 e. The first kappa shape index (κ1) is 14.3. The standard InChI is InChI=1S/C11H6BrCl2FN2O2/c1-4-2-6(18)7(14)11(19)17(4)9-5(13)3-16-10(12)8(9)15/h2-3,18H,1H3. The molecule has 0 unspecified atom stereocenters. The van der Waals surface area contributed by atoms with Gasteiger partial charge in [-0.3, -0.25) is 9.36 Å². The number of nitrogens with zero attached hydrogens (tertiary/aromatic N) is 2. The Hall–Kier alpha value is -1.11. The van der Waals surface area contributed by atoms with E-state index >= 15 is 0 Å². The van der Waals surface area contributed by atoms with Crippen molar-refractivity contribution in [3.8, 4) is 11.4 Å². The van der Waals surface area contributed by atoms with Crippen molar-refractivity contribution < 1.29 is 9.50 Å². The molecular formula is C11H6BrCl2FN2O2. The first-order chi connectivity index (χ1) is 8.84. The lowest BCUT2D eigenvalue weighted by molar-refractivity contribution is 0.472. The number of pyridine rings is 2. The van der Waals surface area contributed by atoms with Gasteiger partial charge in [0.15, 0.2) is 5.82 Å². The smallest absolute Gasteiger partial charge is 0.278 e. The van der Waals surface area contributed by atoms with Crippen LogP contribution in [0.3, 0.4) is 0 Å². The average molecular weight is 368 g/mol. The van der Waals surface area contributed by atoms with Crippen LogP contribution in [-0.4, -0.2) is 14.7 Å². The summed E-state index contributed by atoms with van der Waals surface area (Å²) in [7, 11) is 0. The summed E-state index contributed by atoms with van der Waals surface area (Å²) >= 11 is 14.5. The minimum absolute atomic E-state index is 0.0485. The predicted octanol–water partition coefficient (Wildman–Crippen LogP) is 3.45. The molecule has 0 aliphatic heterocycles. The molecule has 0 amide bonds. The van der Waals surface area contributed by atoms with Crippen LogP contribution in [-0.2, 0) is 0 Å². The van der Waals surface area contributed by atoms with Gasteiger partial charge in [-0.2, -0.15) is 0 Å². The van der Waals surface area contributed by atoms with Gasteiger partial charge in [0, 0.05) is 18.0 Å². The molecule has 2 aromatic rings. The number of aromatic nitrogens is 2. The van der Waals surface area contributed by atoms with E-state index < -0.39 is 16.4 Å².